The highest BCUT2D eigenvalue weighted by atomic mass is 19.1. The maximum absolute atomic E-state index is 14.0. The van der Waals surface area contributed by atoms with Crippen LogP contribution in [0, 0.1) is 18.7 Å². The van der Waals surface area contributed by atoms with Crippen LogP contribution in [0.5, 0.6) is 0 Å². The minimum Gasteiger partial charge on any atom is -0.481 e. The second-order valence-electron chi connectivity index (χ2n) is 5.26. The number of benzene rings is 1. The van der Waals surface area contributed by atoms with Gasteiger partial charge >= 0.3 is 5.97 Å². The van der Waals surface area contributed by atoms with Crippen molar-refractivity contribution in [1.82, 2.24) is 4.90 Å². The van der Waals surface area contributed by atoms with Gasteiger partial charge in [0.2, 0.25) is 0 Å². The summed E-state index contributed by atoms with van der Waals surface area (Å²) in [5.74, 6) is -2.44. The lowest BCUT2D eigenvalue weighted by molar-refractivity contribution is -0.144. The van der Waals surface area contributed by atoms with Crippen LogP contribution >= 0.6 is 0 Å². The van der Waals surface area contributed by atoms with E-state index < -0.39 is 29.7 Å². The van der Waals surface area contributed by atoms with E-state index >= 15 is 0 Å². The van der Waals surface area contributed by atoms with Gasteiger partial charge in [-0.05, 0) is 38.3 Å². The number of amides is 1. The highest BCUT2D eigenvalue weighted by Gasteiger charge is 2.36. The fraction of sp³-hybridized carbons (Fsp3) is 0.467. The van der Waals surface area contributed by atoms with Crippen molar-refractivity contribution in [3.8, 4) is 0 Å². The standard InChI is InChI=1S/C15H18FNO3/c1-9-5-3-6-12(13(9)16)14(18)17-8-4-7-11(10(17)2)15(19)20/h3,5-6,10-11H,4,7-8H2,1-2H3,(H,19,20)/t10-,11-/m1/s1. The third-order valence-electron chi connectivity index (χ3n) is 3.99. The summed E-state index contributed by atoms with van der Waals surface area (Å²) in [6.45, 7) is 3.78. The largest absolute Gasteiger partial charge is 0.481 e. The smallest absolute Gasteiger partial charge is 0.308 e. The molecule has 1 saturated heterocycles. The summed E-state index contributed by atoms with van der Waals surface area (Å²) < 4.78 is 14.0. The molecular formula is C15H18FNO3. The van der Waals surface area contributed by atoms with Gasteiger partial charge in [0.1, 0.15) is 5.82 Å². The van der Waals surface area contributed by atoms with E-state index in [0.717, 1.165) is 0 Å². The van der Waals surface area contributed by atoms with Gasteiger partial charge in [-0.1, -0.05) is 12.1 Å². The molecule has 0 aliphatic carbocycles. The van der Waals surface area contributed by atoms with Gasteiger partial charge < -0.3 is 10.0 Å². The van der Waals surface area contributed by atoms with Crippen molar-refractivity contribution >= 4 is 11.9 Å². The zero-order valence-electron chi connectivity index (χ0n) is 11.6. The third-order valence-corrected chi connectivity index (χ3v) is 3.99. The van der Waals surface area contributed by atoms with Crippen molar-refractivity contribution < 1.29 is 19.1 Å². The number of hydrogen-bond acceptors (Lipinski definition) is 2. The van der Waals surface area contributed by atoms with E-state index in [2.05, 4.69) is 0 Å². The summed E-state index contributed by atoms with van der Waals surface area (Å²) in [4.78, 5) is 25.1. The molecule has 1 aliphatic heterocycles. The van der Waals surface area contributed by atoms with E-state index in [0.29, 0.717) is 24.9 Å². The first kappa shape index (κ1) is 14.5. The molecule has 2 atom stereocenters. The summed E-state index contributed by atoms with van der Waals surface area (Å²) in [6, 6.07) is 4.26. The molecule has 4 nitrogen and oxygen atoms in total. The van der Waals surface area contributed by atoms with E-state index in [1.54, 1.807) is 26.0 Å². The van der Waals surface area contributed by atoms with Gasteiger partial charge in [-0.2, -0.15) is 0 Å². The third kappa shape index (κ3) is 2.53. The molecule has 1 heterocycles. The first-order valence-corrected chi connectivity index (χ1v) is 6.72. The van der Waals surface area contributed by atoms with Crippen LogP contribution in [0.4, 0.5) is 4.39 Å². The van der Waals surface area contributed by atoms with Crippen LogP contribution in [0.1, 0.15) is 35.7 Å². The first-order chi connectivity index (χ1) is 9.43. The van der Waals surface area contributed by atoms with Crippen LogP contribution in [0.3, 0.4) is 0 Å². The number of carboxylic acid groups (broad SMARTS) is 1. The fourth-order valence-corrected chi connectivity index (χ4v) is 2.73. The lowest BCUT2D eigenvalue weighted by atomic mass is 9.89. The molecule has 1 N–H and O–H groups in total. The predicted molar refractivity (Wildman–Crippen MR) is 72.0 cm³/mol. The minimum absolute atomic E-state index is 0.0166. The Labute approximate surface area is 117 Å². The SMILES string of the molecule is Cc1cccc(C(=O)N2CCC[C@@H](C(=O)O)[C@H]2C)c1F. The molecule has 108 valence electrons. The molecule has 2 rings (SSSR count). The van der Waals surface area contributed by atoms with Gasteiger partial charge in [-0.3, -0.25) is 9.59 Å². The van der Waals surface area contributed by atoms with Crippen molar-refractivity contribution in [3.05, 3.63) is 35.1 Å². The van der Waals surface area contributed by atoms with Crippen LogP contribution in [-0.2, 0) is 4.79 Å². The van der Waals surface area contributed by atoms with Crippen molar-refractivity contribution in [2.45, 2.75) is 32.7 Å². The lowest BCUT2D eigenvalue weighted by Crippen LogP contribution is -2.49. The molecule has 1 aromatic carbocycles. The monoisotopic (exact) mass is 279 g/mol. The van der Waals surface area contributed by atoms with Gasteiger partial charge in [-0.15, -0.1) is 0 Å². The summed E-state index contributed by atoms with van der Waals surface area (Å²) in [5, 5.41) is 9.17. The summed E-state index contributed by atoms with van der Waals surface area (Å²) in [5.41, 5.74) is 0.429. The summed E-state index contributed by atoms with van der Waals surface area (Å²) in [7, 11) is 0. The molecule has 5 heteroatoms. The predicted octanol–water partition coefficient (Wildman–Crippen LogP) is 2.46. The van der Waals surface area contributed by atoms with Crippen LogP contribution in [0.15, 0.2) is 18.2 Å². The Hall–Kier alpha value is -1.91. The molecule has 0 bridgehead atoms. The molecule has 0 saturated carbocycles. The van der Waals surface area contributed by atoms with Crippen molar-refractivity contribution in [3.63, 3.8) is 0 Å². The quantitative estimate of drug-likeness (QED) is 0.904. The number of hydrogen-bond donors (Lipinski definition) is 1. The van der Waals surface area contributed by atoms with Gasteiger partial charge in [-0.25, -0.2) is 4.39 Å². The molecule has 0 spiro atoms. The highest BCUT2D eigenvalue weighted by Crippen LogP contribution is 2.26. The Bertz CT molecular complexity index is 544. The zero-order chi connectivity index (χ0) is 14.9. The lowest BCUT2D eigenvalue weighted by Gasteiger charge is -2.37. The second kappa shape index (κ2) is 5.61. The number of piperidine rings is 1. The zero-order valence-corrected chi connectivity index (χ0v) is 11.6. The van der Waals surface area contributed by atoms with E-state index in [1.165, 1.54) is 11.0 Å². The molecule has 0 unspecified atom stereocenters. The maximum Gasteiger partial charge on any atom is 0.308 e. The molecule has 1 aliphatic rings. The van der Waals surface area contributed by atoms with Crippen molar-refractivity contribution in [1.29, 1.82) is 0 Å². The van der Waals surface area contributed by atoms with Gasteiger partial charge in [0.15, 0.2) is 0 Å². The molecule has 0 aromatic heterocycles. The number of carbonyl (C=O) groups excluding carboxylic acids is 1. The number of halogens is 1. The van der Waals surface area contributed by atoms with E-state index in [1.807, 2.05) is 0 Å². The van der Waals surface area contributed by atoms with Crippen LogP contribution < -0.4 is 0 Å². The van der Waals surface area contributed by atoms with E-state index in [9.17, 15) is 14.0 Å². The molecule has 1 fully saturated rings. The number of carboxylic acids is 1. The Morgan fingerprint density at radius 1 is 1.40 bits per heavy atom. The molecule has 20 heavy (non-hydrogen) atoms. The van der Waals surface area contributed by atoms with Crippen molar-refractivity contribution in [2.24, 2.45) is 5.92 Å². The number of rotatable bonds is 2. The number of aryl methyl sites for hydroxylation is 1. The molecule has 1 amide bonds. The Balaban J connectivity index is 2.28. The number of carbonyl (C=O) groups is 2. The van der Waals surface area contributed by atoms with Gasteiger partial charge in [0.05, 0.1) is 11.5 Å². The normalized spacial score (nSPS) is 22.6. The van der Waals surface area contributed by atoms with Crippen LogP contribution in [0.25, 0.3) is 0 Å². The summed E-state index contributed by atoms with van der Waals surface area (Å²) in [6.07, 6.45) is 1.18. The molecule has 0 radical (unpaired) electrons. The van der Waals surface area contributed by atoms with Crippen LogP contribution in [-0.4, -0.2) is 34.5 Å². The van der Waals surface area contributed by atoms with Gasteiger partial charge in [0, 0.05) is 12.6 Å². The van der Waals surface area contributed by atoms with Crippen molar-refractivity contribution in [2.75, 3.05) is 6.54 Å². The van der Waals surface area contributed by atoms with E-state index in [4.69, 9.17) is 5.11 Å². The number of aliphatic carboxylic acids is 1. The Morgan fingerprint density at radius 2 is 2.10 bits per heavy atom. The minimum atomic E-state index is -0.903. The molecule has 1 aromatic rings. The fourth-order valence-electron chi connectivity index (χ4n) is 2.73. The van der Waals surface area contributed by atoms with Gasteiger partial charge in [0.25, 0.3) is 5.91 Å². The van der Waals surface area contributed by atoms with E-state index in [-0.39, 0.29) is 5.56 Å². The second-order valence-corrected chi connectivity index (χ2v) is 5.26. The summed E-state index contributed by atoms with van der Waals surface area (Å²) >= 11 is 0. The average Bonchev–Trinajstić information content (AvgIpc) is 2.41. The topological polar surface area (TPSA) is 57.6 Å². The maximum atomic E-state index is 14.0. The number of nitrogens with zero attached hydrogens (tertiary/aromatic N) is 1. The molecular weight excluding hydrogens is 261 g/mol. The first-order valence-electron chi connectivity index (χ1n) is 6.72. The number of likely N-dealkylation sites (tertiary alicyclic amines) is 1. The van der Waals surface area contributed by atoms with Crippen LogP contribution in [0.2, 0.25) is 0 Å². The Kier molecular flexibility index (Phi) is 4.06. The average molecular weight is 279 g/mol. The Morgan fingerprint density at radius 3 is 2.75 bits per heavy atom. The highest BCUT2D eigenvalue weighted by molar-refractivity contribution is 5.95.